The van der Waals surface area contributed by atoms with Crippen molar-refractivity contribution in [3.8, 4) is 23.3 Å². The summed E-state index contributed by atoms with van der Waals surface area (Å²) < 4.78 is 16.1. The molecule has 1 amide bonds. The second kappa shape index (κ2) is 12.6. The highest BCUT2D eigenvalue weighted by Crippen LogP contribution is 2.29. The van der Waals surface area contributed by atoms with Gasteiger partial charge in [-0.15, -0.1) is 0 Å². The van der Waals surface area contributed by atoms with Crippen molar-refractivity contribution in [1.82, 2.24) is 5.32 Å². The normalized spacial score (nSPS) is 11.0. The Morgan fingerprint density at radius 1 is 1.06 bits per heavy atom. The highest BCUT2D eigenvalue weighted by Gasteiger charge is 2.11. The molecule has 0 saturated carbocycles. The summed E-state index contributed by atoms with van der Waals surface area (Å²) in [6, 6.07) is 14.0. The summed E-state index contributed by atoms with van der Waals surface area (Å²) in [6.45, 7) is 4.91. The Kier molecular flexibility index (Phi) is 9.54. The minimum absolute atomic E-state index is 0.0245. The third kappa shape index (κ3) is 7.33. The highest BCUT2D eigenvalue weighted by molar-refractivity contribution is 6.01. The van der Waals surface area contributed by atoms with Crippen LogP contribution in [0.15, 0.2) is 54.1 Å². The number of amides is 1. The van der Waals surface area contributed by atoms with Gasteiger partial charge in [0.15, 0.2) is 11.5 Å². The van der Waals surface area contributed by atoms with Crippen molar-refractivity contribution in [2.24, 2.45) is 0 Å². The van der Waals surface area contributed by atoms with Crippen LogP contribution in [0.3, 0.4) is 0 Å². The van der Waals surface area contributed by atoms with E-state index in [1.807, 2.05) is 44.2 Å². The van der Waals surface area contributed by atoms with Crippen LogP contribution in [-0.2, 0) is 9.59 Å². The van der Waals surface area contributed by atoms with Crippen molar-refractivity contribution in [3.05, 3.63) is 65.2 Å². The van der Waals surface area contributed by atoms with Gasteiger partial charge in [-0.1, -0.05) is 25.1 Å². The van der Waals surface area contributed by atoms with Crippen LogP contribution in [0.2, 0.25) is 0 Å². The van der Waals surface area contributed by atoms with E-state index in [9.17, 15) is 14.9 Å². The zero-order valence-corrected chi connectivity index (χ0v) is 18.4. The molecule has 166 valence electrons. The Hall–Kier alpha value is -4.05. The van der Waals surface area contributed by atoms with Crippen molar-refractivity contribution >= 4 is 24.0 Å². The van der Waals surface area contributed by atoms with Gasteiger partial charge in [-0.2, -0.15) is 5.26 Å². The maximum Gasteiger partial charge on any atom is 0.336 e. The first kappa shape index (κ1) is 24.2. The fourth-order valence-electron chi connectivity index (χ4n) is 2.66. The average molecular weight is 434 g/mol. The number of carbonyl (C=O) groups is 2. The molecule has 0 saturated heterocycles. The van der Waals surface area contributed by atoms with Crippen LogP contribution in [0, 0.1) is 11.3 Å². The average Bonchev–Trinajstić information content (AvgIpc) is 2.81. The number of ether oxygens (including phenoxy) is 3. The van der Waals surface area contributed by atoms with Crippen molar-refractivity contribution < 1.29 is 23.8 Å². The summed E-state index contributed by atoms with van der Waals surface area (Å²) in [6.07, 6.45) is 5.17. The van der Waals surface area contributed by atoms with Gasteiger partial charge in [-0.05, 0) is 60.9 Å². The summed E-state index contributed by atoms with van der Waals surface area (Å²) in [5.41, 5.74) is 1.36. The summed E-state index contributed by atoms with van der Waals surface area (Å²) in [5, 5.41) is 11.9. The Balaban J connectivity index is 2.10. The number of hydrogen-bond acceptors (Lipinski definition) is 6. The number of nitriles is 1. The topological polar surface area (TPSA) is 97.7 Å². The van der Waals surface area contributed by atoms with Crippen molar-refractivity contribution in [2.45, 2.75) is 20.3 Å². The molecule has 2 rings (SSSR count). The largest absolute Gasteiger partial charge is 0.494 e. The van der Waals surface area contributed by atoms with Gasteiger partial charge >= 0.3 is 5.97 Å². The molecule has 0 heterocycles. The number of methoxy groups -OCH3 is 1. The minimum atomic E-state index is -0.572. The SMILES string of the molecule is CCCNC(=O)C(C#N)=Cc1ccc(OC(=O)C=Cc2ccc(OCC)cc2)c(OC)c1. The quantitative estimate of drug-likeness (QED) is 0.261. The number of rotatable bonds is 10. The molecule has 1 N–H and O–H groups in total. The summed E-state index contributed by atoms with van der Waals surface area (Å²) in [7, 11) is 1.44. The summed E-state index contributed by atoms with van der Waals surface area (Å²) >= 11 is 0. The van der Waals surface area contributed by atoms with Gasteiger partial charge < -0.3 is 19.5 Å². The lowest BCUT2D eigenvalue weighted by atomic mass is 10.1. The number of nitrogens with one attached hydrogen (secondary N) is 1. The van der Waals surface area contributed by atoms with E-state index in [-0.39, 0.29) is 11.3 Å². The fraction of sp³-hybridized carbons (Fsp3) is 0.240. The molecule has 0 spiro atoms. The standard InChI is InChI=1S/C25H26N2O5/c1-4-14-27-25(29)20(17-26)15-19-8-12-22(23(16-19)30-3)32-24(28)13-9-18-6-10-21(11-7-18)31-5-2/h6-13,15-16H,4-5,14H2,1-3H3,(H,27,29). The van der Waals surface area contributed by atoms with Crippen LogP contribution in [0.4, 0.5) is 0 Å². The van der Waals surface area contributed by atoms with E-state index in [2.05, 4.69) is 5.32 Å². The van der Waals surface area contributed by atoms with Crippen LogP contribution < -0.4 is 19.5 Å². The smallest absolute Gasteiger partial charge is 0.336 e. The molecule has 0 aliphatic heterocycles. The molecule has 0 bridgehead atoms. The minimum Gasteiger partial charge on any atom is -0.494 e. The second-order valence-corrected chi connectivity index (χ2v) is 6.59. The maximum atomic E-state index is 12.2. The first-order valence-corrected chi connectivity index (χ1v) is 10.2. The number of benzene rings is 2. The van der Waals surface area contributed by atoms with Gasteiger partial charge in [0.1, 0.15) is 17.4 Å². The first-order valence-electron chi connectivity index (χ1n) is 10.2. The van der Waals surface area contributed by atoms with Crippen LogP contribution in [0.25, 0.3) is 12.2 Å². The van der Waals surface area contributed by atoms with Crippen LogP contribution in [0.1, 0.15) is 31.4 Å². The van der Waals surface area contributed by atoms with Gasteiger partial charge in [0, 0.05) is 12.6 Å². The van der Waals surface area contributed by atoms with E-state index in [1.165, 1.54) is 19.3 Å². The lowest BCUT2D eigenvalue weighted by molar-refractivity contribution is -0.129. The Morgan fingerprint density at radius 2 is 1.78 bits per heavy atom. The van der Waals surface area contributed by atoms with Gasteiger partial charge in [0.25, 0.3) is 5.91 Å². The fourth-order valence-corrected chi connectivity index (χ4v) is 2.66. The van der Waals surface area contributed by atoms with Crippen molar-refractivity contribution in [3.63, 3.8) is 0 Å². The summed E-state index contributed by atoms with van der Waals surface area (Å²) in [4.78, 5) is 24.3. The van der Waals surface area contributed by atoms with E-state index in [1.54, 1.807) is 24.3 Å². The molecule has 0 atom stereocenters. The van der Waals surface area contributed by atoms with E-state index < -0.39 is 11.9 Å². The van der Waals surface area contributed by atoms with E-state index in [4.69, 9.17) is 14.2 Å². The monoisotopic (exact) mass is 434 g/mol. The predicted octanol–water partition coefficient (Wildman–Crippen LogP) is 4.15. The van der Waals surface area contributed by atoms with Crippen molar-refractivity contribution in [2.75, 3.05) is 20.3 Å². The third-order valence-corrected chi connectivity index (χ3v) is 4.21. The van der Waals surface area contributed by atoms with Gasteiger partial charge in [0.05, 0.1) is 13.7 Å². The lowest BCUT2D eigenvalue weighted by Crippen LogP contribution is -2.25. The zero-order chi connectivity index (χ0) is 23.3. The predicted molar refractivity (Wildman–Crippen MR) is 122 cm³/mol. The van der Waals surface area contributed by atoms with E-state index in [0.29, 0.717) is 24.5 Å². The first-order chi connectivity index (χ1) is 15.5. The molecule has 0 fully saturated rings. The molecular weight excluding hydrogens is 408 g/mol. The highest BCUT2D eigenvalue weighted by atomic mass is 16.6. The van der Waals surface area contributed by atoms with Gasteiger partial charge in [-0.25, -0.2) is 4.79 Å². The number of nitrogens with zero attached hydrogens (tertiary/aromatic N) is 1. The molecule has 7 heteroatoms. The second-order valence-electron chi connectivity index (χ2n) is 6.59. The van der Waals surface area contributed by atoms with Crippen LogP contribution in [-0.4, -0.2) is 32.1 Å². The number of hydrogen-bond donors (Lipinski definition) is 1. The molecule has 0 aliphatic carbocycles. The number of carbonyl (C=O) groups excluding carboxylic acids is 2. The van der Waals surface area contributed by atoms with Crippen LogP contribution in [0.5, 0.6) is 17.2 Å². The van der Waals surface area contributed by atoms with Gasteiger partial charge in [0.2, 0.25) is 0 Å². The lowest BCUT2D eigenvalue weighted by Gasteiger charge is -2.09. The van der Waals surface area contributed by atoms with Crippen molar-refractivity contribution in [1.29, 1.82) is 5.26 Å². The number of esters is 1. The molecule has 0 radical (unpaired) electrons. The summed E-state index contributed by atoms with van der Waals surface area (Å²) in [5.74, 6) is 0.265. The molecule has 32 heavy (non-hydrogen) atoms. The molecule has 2 aromatic carbocycles. The maximum absolute atomic E-state index is 12.2. The Morgan fingerprint density at radius 3 is 2.41 bits per heavy atom. The Bertz CT molecular complexity index is 1030. The van der Waals surface area contributed by atoms with Crippen LogP contribution >= 0.6 is 0 Å². The van der Waals surface area contributed by atoms with E-state index in [0.717, 1.165) is 17.7 Å². The van der Waals surface area contributed by atoms with E-state index >= 15 is 0 Å². The molecule has 2 aromatic rings. The Labute approximate surface area is 187 Å². The zero-order valence-electron chi connectivity index (χ0n) is 18.4. The molecule has 0 unspecified atom stereocenters. The van der Waals surface area contributed by atoms with Gasteiger partial charge in [-0.3, -0.25) is 4.79 Å². The third-order valence-electron chi connectivity index (χ3n) is 4.21. The molecular formula is C25H26N2O5. The molecule has 7 nitrogen and oxygen atoms in total. The molecule has 0 aromatic heterocycles. The molecule has 0 aliphatic rings.